The number of likely N-dealkylation sites (tertiary alicyclic amines) is 1. The van der Waals surface area contributed by atoms with E-state index in [1.807, 2.05) is 61.5 Å². The smallest absolute Gasteiger partial charge is 0.313 e. The van der Waals surface area contributed by atoms with Gasteiger partial charge in [-0.1, -0.05) is 35.5 Å². The summed E-state index contributed by atoms with van der Waals surface area (Å²) in [5.41, 5.74) is 9.02. The number of nitrogens with zero attached hydrogens (tertiary/aromatic N) is 5. The molecule has 5 atom stereocenters. The number of hydrogen-bond donors (Lipinski definition) is 4. The molecular formula is C65H87F5N9O13+. The lowest BCUT2D eigenvalue weighted by Gasteiger charge is -2.79. The van der Waals surface area contributed by atoms with E-state index >= 15 is 0 Å². The van der Waals surface area contributed by atoms with Crippen LogP contribution in [0.2, 0.25) is 0 Å². The number of halogens is 5. The molecule has 1 spiro atoms. The van der Waals surface area contributed by atoms with Crippen molar-refractivity contribution in [2.24, 2.45) is 23.0 Å². The summed E-state index contributed by atoms with van der Waals surface area (Å²) in [7, 11) is 0. The van der Waals surface area contributed by atoms with Gasteiger partial charge >= 0.3 is 5.97 Å². The van der Waals surface area contributed by atoms with Gasteiger partial charge in [-0.25, -0.2) is 31.2 Å². The Kier molecular flexibility index (Phi) is 26.2. The average Bonchev–Trinajstić information content (AvgIpc) is 0.674. The highest BCUT2D eigenvalue weighted by molar-refractivity contribution is 5.90. The van der Waals surface area contributed by atoms with Crippen LogP contribution in [0.25, 0.3) is 0 Å². The normalized spacial score (nSPS) is 22.1. The maximum Gasteiger partial charge on any atom is 0.313 e. The van der Waals surface area contributed by atoms with Crippen LogP contribution in [-0.2, 0) is 65.4 Å². The molecular weight excluding hydrogens is 1210 g/mol. The Morgan fingerprint density at radius 1 is 0.707 bits per heavy atom. The minimum absolute atomic E-state index is 0.0299. The zero-order valence-electron chi connectivity index (χ0n) is 52.2. The van der Waals surface area contributed by atoms with E-state index in [2.05, 4.69) is 35.2 Å². The molecule has 5 fully saturated rings. The maximum atomic E-state index is 13.9. The summed E-state index contributed by atoms with van der Waals surface area (Å²) in [6, 6.07) is 18.8. The Morgan fingerprint density at radius 3 is 1.88 bits per heavy atom. The number of ether oxygens (including phenoxy) is 10. The molecule has 1 aliphatic heterocycles. The number of anilines is 1. The van der Waals surface area contributed by atoms with E-state index in [1.54, 1.807) is 10.9 Å². The van der Waals surface area contributed by atoms with E-state index in [-0.39, 0.29) is 113 Å². The monoisotopic (exact) mass is 1300 g/mol. The third kappa shape index (κ3) is 19.5. The summed E-state index contributed by atoms with van der Waals surface area (Å²) in [6.07, 6.45) is 6.84. The zero-order valence-corrected chi connectivity index (χ0v) is 52.2. The van der Waals surface area contributed by atoms with Gasteiger partial charge in [0.05, 0.1) is 149 Å². The molecule has 5 aliphatic rings. The number of aromatic nitrogens is 3. The predicted molar refractivity (Wildman–Crippen MR) is 325 cm³/mol. The number of piperidine rings is 2. The second-order valence-corrected chi connectivity index (χ2v) is 23.9. The number of carbonyl (C=O) groups excluding carboxylic acids is 3. The largest absolute Gasteiger partial charge is 0.490 e. The predicted octanol–water partition coefficient (Wildman–Crippen LogP) is 7.56. The lowest BCUT2D eigenvalue weighted by atomic mass is 9.40. The first-order chi connectivity index (χ1) is 44.6. The van der Waals surface area contributed by atoms with Gasteiger partial charge in [-0.05, 0) is 81.2 Å². The Morgan fingerprint density at radius 2 is 1.29 bits per heavy atom. The fourth-order valence-corrected chi connectivity index (χ4v) is 12.8. The zero-order chi connectivity index (χ0) is 64.9. The number of nitrogens with two attached hydrogens (primary N) is 1. The molecule has 4 aromatic rings. The highest BCUT2D eigenvalue weighted by Gasteiger charge is 2.77. The minimum atomic E-state index is -2.68. The van der Waals surface area contributed by atoms with E-state index in [0.717, 1.165) is 37.8 Å². The molecule has 2 amide bonds. The van der Waals surface area contributed by atoms with Crippen LogP contribution in [-0.4, -0.2) is 190 Å². The van der Waals surface area contributed by atoms with Crippen molar-refractivity contribution in [2.75, 3.05) is 111 Å². The molecule has 4 unspecified atom stereocenters. The van der Waals surface area contributed by atoms with E-state index in [9.17, 15) is 41.7 Å². The Labute approximate surface area is 532 Å². The van der Waals surface area contributed by atoms with Crippen molar-refractivity contribution in [1.82, 2.24) is 25.2 Å². The molecule has 27 heteroatoms. The molecule has 22 nitrogen and oxygen atoms in total. The molecule has 4 saturated carbocycles. The van der Waals surface area contributed by atoms with Crippen LogP contribution in [0.3, 0.4) is 0 Å². The lowest BCUT2D eigenvalue weighted by Crippen LogP contribution is -2.89. The van der Waals surface area contributed by atoms with Crippen LogP contribution >= 0.6 is 0 Å². The van der Waals surface area contributed by atoms with Crippen LogP contribution < -0.4 is 25.8 Å². The van der Waals surface area contributed by atoms with Gasteiger partial charge in [-0.2, -0.15) is 5.41 Å². The van der Waals surface area contributed by atoms with Crippen molar-refractivity contribution in [3.05, 3.63) is 102 Å². The molecule has 4 aliphatic carbocycles. The first kappa shape index (κ1) is 69.8. The quantitative estimate of drug-likeness (QED) is 0.00636. The molecule has 0 bridgehead atoms. The SMILES string of the molecule is CC(N)=[N+](C(=N)C1CC(Oc2ccc(NC(=O)CCOCCOCCOCCOCc3cn(CCOCCOCCOCCOCCC(=O)Oc4c(F)cc(F)cc4F)nn3)cc2)C1)C1CC2N(CC[C@H](NC(=O)C3CCC(F)(F)CC3)c3ccccc3)C3CCC321. The van der Waals surface area contributed by atoms with Crippen molar-refractivity contribution in [3.63, 3.8) is 0 Å². The summed E-state index contributed by atoms with van der Waals surface area (Å²) in [5.74, 6) is -7.09. The average molecular weight is 1300 g/mol. The second kappa shape index (κ2) is 34.6. The number of esters is 1. The lowest BCUT2D eigenvalue weighted by molar-refractivity contribution is -0.551. The summed E-state index contributed by atoms with van der Waals surface area (Å²) < 4.78 is 127. The fraction of sp³-hybridized carbons (Fsp3) is 0.615. The summed E-state index contributed by atoms with van der Waals surface area (Å²) >= 11 is 0. The van der Waals surface area contributed by atoms with Crippen LogP contribution in [0.4, 0.5) is 27.6 Å². The number of benzene rings is 3. The van der Waals surface area contributed by atoms with Crippen molar-refractivity contribution >= 4 is 35.1 Å². The Balaban J connectivity index is 0.532. The van der Waals surface area contributed by atoms with E-state index in [0.29, 0.717) is 145 Å². The van der Waals surface area contributed by atoms with Crippen LogP contribution in [0.1, 0.15) is 101 Å². The van der Waals surface area contributed by atoms with Crippen molar-refractivity contribution < 1.29 is 88.3 Å². The number of hydrogen-bond acceptors (Lipinski definition) is 17. The van der Waals surface area contributed by atoms with Crippen molar-refractivity contribution in [1.29, 1.82) is 5.41 Å². The fourth-order valence-electron chi connectivity index (χ4n) is 12.8. The van der Waals surface area contributed by atoms with E-state index in [4.69, 9.17) is 48.4 Å². The van der Waals surface area contributed by atoms with Crippen molar-refractivity contribution in [3.8, 4) is 11.5 Å². The van der Waals surface area contributed by atoms with Gasteiger partial charge in [0.25, 0.3) is 0 Å². The molecule has 9 rings (SSSR count). The molecule has 3 aromatic carbocycles. The van der Waals surface area contributed by atoms with Crippen molar-refractivity contribution in [2.45, 2.75) is 133 Å². The molecule has 0 radical (unpaired) electrons. The molecule has 504 valence electrons. The molecule has 1 saturated heterocycles. The van der Waals surface area contributed by atoms with Crippen LogP contribution in [0.5, 0.6) is 11.5 Å². The van der Waals surface area contributed by atoms with Gasteiger partial charge < -0.3 is 63.7 Å². The number of rotatable bonds is 41. The molecule has 1 aromatic heterocycles. The number of amidine groups is 2. The van der Waals surface area contributed by atoms with Gasteiger partial charge in [-0.3, -0.25) is 19.3 Å². The van der Waals surface area contributed by atoms with Gasteiger partial charge in [0.1, 0.15) is 23.4 Å². The first-order valence-electron chi connectivity index (χ1n) is 31.9. The highest BCUT2D eigenvalue weighted by atomic mass is 19.3. The standard InChI is InChI=1S/C65H86F5N9O13/c1-44(71)79(58-41-57-65(58)19-13-56(65)78(57)20-14-55(45-5-3-2-4-6-45)74-63(82)46-11-17-64(69,70)18-12-46)62(72)47-37-52(38-47)91-51-9-7-49(8-10-51)73-59(80)15-22-83-25-28-86-33-34-89-35-36-90-43-50-42-77(76-75-50)21-24-85-27-30-88-32-31-87-29-26-84-23-16-60(81)92-61-53(67)39-48(66)40-54(61)68/h2-10,39-40,42,46-47,52,55-58,71-72H,11-38,41,43H2,1H3,(H2,73,74,80,82)/p+1/t47?,52?,55-,56?,57?,58?,65?/m0/s1. The van der Waals surface area contributed by atoms with Crippen LogP contribution in [0.15, 0.2) is 72.9 Å². The minimum Gasteiger partial charge on any atom is -0.490 e. The highest BCUT2D eigenvalue weighted by Crippen LogP contribution is 2.69. The summed E-state index contributed by atoms with van der Waals surface area (Å²) in [5, 5.41) is 23.7. The number of nitrogens with one attached hydrogen (secondary N) is 3. The topological polar surface area (TPSA) is 254 Å². The summed E-state index contributed by atoms with van der Waals surface area (Å²) in [4.78, 5) is 40.4. The van der Waals surface area contributed by atoms with E-state index in [1.165, 1.54) is 0 Å². The van der Waals surface area contributed by atoms with Gasteiger partial charge in [-0.15, -0.1) is 5.10 Å². The second-order valence-electron chi connectivity index (χ2n) is 23.9. The third-order valence-electron chi connectivity index (χ3n) is 17.8. The van der Waals surface area contributed by atoms with Crippen LogP contribution in [0, 0.1) is 40.1 Å². The molecule has 5 N–H and O–H groups in total. The Hall–Kier alpha value is -6.56. The number of alkyl halides is 2. The Bertz CT molecular complexity index is 3010. The third-order valence-corrected chi connectivity index (χ3v) is 17.8. The van der Waals surface area contributed by atoms with Gasteiger partial charge in [0.15, 0.2) is 17.5 Å². The summed E-state index contributed by atoms with van der Waals surface area (Å²) in [6.45, 7) is 8.07. The van der Waals surface area contributed by atoms with Gasteiger partial charge in [0.2, 0.25) is 29.3 Å². The molecule has 2 heterocycles. The number of carbonyl (C=O) groups is 3. The molecule has 92 heavy (non-hydrogen) atoms. The first-order valence-corrected chi connectivity index (χ1v) is 31.9. The maximum absolute atomic E-state index is 13.9. The number of amides is 2. The van der Waals surface area contributed by atoms with Gasteiger partial charge in [0, 0.05) is 67.5 Å². The van der Waals surface area contributed by atoms with E-state index < -0.39 is 41.0 Å².